The number of aliphatic imine (C=N–C) groups is 2. The molecule has 352 valence electrons. The number of nitrogens with zero attached hydrogens (tertiary/aromatic N) is 2. The van der Waals surface area contributed by atoms with Gasteiger partial charge in [0, 0.05) is 10.8 Å². The summed E-state index contributed by atoms with van der Waals surface area (Å²) in [5.41, 5.74) is 21.2. The maximum Gasteiger partial charge on any atom is 0.0675 e. The SMILES string of the molecule is CCCCc1ccc2c(-c3ccc(C4=Nc5ccccc5C4(C)C)cc3)c3c(-c4ccccc4)c4cc(C(C)(C)C)ccc4c(-c4ccccc4)c3c(-c3ccc(C4=Nc5ccccc5C4(C)C)cc3)c2c1. The van der Waals surface area contributed by atoms with E-state index in [1.54, 1.807) is 0 Å². The lowest BCUT2D eigenvalue weighted by Gasteiger charge is -2.27. The summed E-state index contributed by atoms with van der Waals surface area (Å²) < 4.78 is 0. The maximum atomic E-state index is 5.28. The predicted octanol–water partition coefficient (Wildman–Crippen LogP) is 19.3. The molecule has 0 bridgehead atoms. The largest absolute Gasteiger partial charge is 0.252 e. The molecule has 2 heterocycles. The fourth-order valence-electron chi connectivity index (χ4n) is 12.1. The third kappa shape index (κ3) is 7.37. The first-order valence-corrected chi connectivity index (χ1v) is 26.0. The second kappa shape index (κ2) is 17.3. The molecule has 2 nitrogen and oxygen atoms in total. The molecule has 72 heavy (non-hydrogen) atoms. The van der Waals surface area contributed by atoms with Gasteiger partial charge in [-0.1, -0.05) is 238 Å². The minimum Gasteiger partial charge on any atom is -0.252 e. The summed E-state index contributed by atoms with van der Waals surface area (Å²) in [6.07, 6.45) is 3.30. The van der Waals surface area contributed by atoms with Crippen LogP contribution in [0.25, 0.3) is 76.8 Å². The van der Waals surface area contributed by atoms with Gasteiger partial charge in [0.25, 0.3) is 0 Å². The molecule has 2 heteroatoms. The average molecular weight is 931 g/mol. The minimum atomic E-state index is -0.220. The Bertz CT molecular complexity index is 3820. The molecule has 12 rings (SSSR count). The standard InChI is InChI=1S/C70H62N2/c1-9-10-21-44-30-40-52-54(42-44)63(48-33-37-50(38-34-48)67-70(7,8)57-27-18-20-29-59(57)72-67)64-60(45-22-13-11-14-23-45)53-41-39-51(68(2,3)4)43-55(53)62(46-24-15-12-16-25-46)65(64)61(52)47-31-35-49(36-32-47)66-69(5,6)56-26-17-19-28-58(56)71-66/h11-20,22-43H,9-10,21H2,1-8H3. The quantitative estimate of drug-likeness (QED) is 0.129. The highest BCUT2D eigenvalue weighted by Gasteiger charge is 2.37. The number of para-hydroxylation sites is 2. The Morgan fingerprint density at radius 3 is 1.22 bits per heavy atom. The second-order valence-electron chi connectivity index (χ2n) is 22.3. The Morgan fingerprint density at radius 2 is 0.778 bits per heavy atom. The van der Waals surface area contributed by atoms with E-state index in [1.807, 2.05) is 0 Å². The summed E-state index contributed by atoms with van der Waals surface area (Å²) in [4.78, 5) is 10.6. The number of rotatable bonds is 9. The first-order valence-electron chi connectivity index (χ1n) is 26.0. The van der Waals surface area contributed by atoms with Gasteiger partial charge >= 0.3 is 0 Å². The van der Waals surface area contributed by atoms with Crippen molar-refractivity contribution in [2.45, 2.75) is 90.9 Å². The highest BCUT2D eigenvalue weighted by Crippen LogP contribution is 2.55. The van der Waals surface area contributed by atoms with Gasteiger partial charge < -0.3 is 0 Å². The van der Waals surface area contributed by atoms with Crippen LogP contribution in [0.2, 0.25) is 0 Å². The van der Waals surface area contributed by atoms with Crippen molar-refractivity contribution >= 4 is 55.1 Å². The minimum absolute atomic E-state index is 0.0657. The molecule has 10 aromatic carbocycles. The number of hydrogen-bond acceptors (Lipinski definition) is 2. The van der Waals surface area contributed by atoms with Gasteiger partial charge in [-0.15, -0.1) is 0 Å². The van der Waals surface area contributed by atoms with Crippen molar-refractivity contribution < 1.29 is 0 Å². The van der Waals surface area contributed by atoms with Crippen LogP contribution in [0.5, 0.6) is 0 Å². The molecule has 0 fully saturated rings. The van der Waals surface area contributed by atoms with Gasteiger partial charge in [0.2, 0.25) is 0 Å². The summed E-state index contributed by atoms with van der Waals surface area (Å²) in [6, 6.07) is 73.1. The molecule has 0 saturated heterocycles. The zero-order valence-electron chi connectivity index (χ0n) is 43.0. The van der Waals surface area contributed by atoms with E-state index >= 15 is 0 Å². The number of hydrogen-bond donors (Lipinski definition) is 0. The summed E-state index contributed by atoms with van der Waals surface area (Å²) in [6.45, 7) is 18.5. The molecule has 0 radical (unpaired) electrons. The molecular formula is C70H62N2. The molecule has 0 amide bonds. The monoisotopic (exact) mass is 930 g/mol. The van der Waals surface area contributed by atoms with Crippen LogP contribution in [0.15, 0.2) is 204 Å². The van der Waals surface area contributed by atoms with Crippen LogP contribution in [0, 0.1) is 0 Å². The van der Waals surface area contributed by atoms with Gasteiger partial charge in [-0.05, 0) is 147 Å². The number of aryl methyl sites for hydroxylation is 1. The molecule has 0 N–H and O–H groups in total. The highest BCUT2D eigenvalue weighted by molar-refractivity contribution is 6.34. The van der Waals surface area contributed by atoms with Crippen molar-refractivity contribution in [3.05, 3.63) is 228 Å². The molecule has 2 aliphatic rings. The lowest BCUT2D eigenvalue weighted by atomic mass is 9.75. The normalized spacial score (nSPS) is 14.7. The van der Waals surface area contributed by atoms with Gasteiger partial charge in [0.1, 0.15) is 0 Å². The summed E-state index contributed by atoms with van der Waals surface area (Å²) in [5, 5.41) is 7.57. The Labute approximate surface area is 425 Å². The van der Waals surface area contributed by atoms with E-state index in [9.17, 15) is 0 Å². The van der Waals surface area contributed by atoms with Crippen molar-refractivity contribution in [2.75, 3.05) is 0 Å². The zero-order chi connectivity index (χ0) is 49.5. The molecular weight excluding hydrogens is 869 g/mol. The molecule has 2 aliphatic heterocycles. The third-order valence-corrected chi connectivity index (χ3v) is 15.9. The van der Waals surface area contributed by atoms with Crippen LogP contribution in [0.4, 0.5) is 11.4 Å². The Morgan fingerprint density at radius 1 is 0.389 bits per heavy atom. The number of fused-ring (bicyclic) bond motifs is 5. The number of benzene rings is 10. The van der Waals surface area contributed by atoms with Crippen molar-refractivity contribution in [3.8, 4) is 44.5 Å². The van der Waals surface area contributed by atoms with E-state index in [0.717, 1.165) is 53.2 Å². The van der Waals surface area contributed by atoms with Crippen LogP contribution in [0.3, 0.4) is 0 Å². The first-order chi connectivity index (χ1) is 34.8. The lowest BCUT2D eigenvalue weighted by molar-refractivity contribution is 0.591. The molecule has 0 aliphatic carbocycles. The smallest absolute Gasteiger partial charge is 0.0675 e. The topological polar surface area (TPSA) is 24.7 Å². The third-order valence-electron chi connectivity index (χ3n) is 15.9. The summed E-state index contributed by atoms with van der Waals surface area (Å²) in [5.74, 6) is 0. The van der Waals surface area contributed by atoms with Crippen molar-refractivity contribution in [2.24, 2.45) is 9.98 Å². The Kier molecular flexibility index (Phi) is 10.9. The van der Waals surface area contributed by atoms with Crippen molar-refractivity contribution in [1.29, 1.82) is 0 Å². The lowest BCUT2D eigenvalue weighted by Crippen LogP contribution is -2.26. The number of unbranched alkanes of at least 4 members (excludes halogenated alkanes) is 1. The van der Waals surface area contributed by atoms with Crippen molar-refractivity contribution in [3.63, 3.8) is 0 Å². The molecule has 0 saturated carbocycles. The van der Waals surface area contributed by atoms with Gasteiger partial charge in [0.05, 0.1) is 22.8 Å². The van der Waals surface area contributed by atoms with E-state index in [1.165, 1.54) is 99.1 Å². The molecule has 0 unspecified atom stereocenters. The van der Waals surface area contributed by atoms with Gasteiger partial charge in [-0.25, -0.2) is 0 Å². The van der Waals surface area contributed by atoms with Crippen molar-refractivity contribution in [1.82, 2.24) is 0 Å². The molecule has 0 aromatic heterocycles. The molecule has 0 atom stereocenters. The molecule has 10 aromatic rings. The van der Waals surface area contributed by atoms with E-state index < -0.39 is 0 Å². The molecule has 0 spiro atoms. The zero-order valence-corrected chi connectivity index (χ0v) is 43.0. The Balaban J connectivity index is 1.23. The van der Waals surface area contributed by atoms with Crippen LogP contribution >= 0.6 is 0 Å². The first kappa shape index (κ1) is 45.5. The van der Waals surface area contributed by atoms with Gasteiger partial charge in [0.15, 0.2) is 0 Å². The fraction of sp³-hybridized carbons (Fsp3) is 0.200. The Hall–Kier alpha value is -7.68. The average Bonchev–Trinajstić information content (AvgIpc) is 3.84. The fourth-order valence-corrected chi connectivity index (χ4v) is 12.1. The van der Waals surface area contributed by atoms with Gasteiger partial charge in [-0.3, -0.25) is 9.98 Å². The second-order valence-corrected chi connectivity index (χ2v) is 22.3. The van der Waals surface area contributed by atoms with E-state index in [-0.39, 0.29) is 16.2 Å². The van der Waals surface area contributed by atoms with E-state index in [0.29, 0.717) is 0 Å². The van der Waals surface area contributed by atoms with Gasteiger partial charge in [-0.2, -0.15) is 0 Å². The van der Waals surface area contributed by atoms with E-state index in [2.05, 4.69) is 250 Å². The summed E-state index contributed by atoms with van der Waals surface area (Å²) in [7, 11) is 0. The van der Waals surface area contributed by atoms with Crippen LogP contribution < -0.4 is 0 Å². The summed E-state index contributed by atoms with van der Waals surface area (Å²) >= 11 is 0. The van der Waals surface area contributed by atoms with E-state index in [4.69, 9.17) is 9.98 Å². The van der Waals surface area contributed by atoms with Crippen LogP contribution in [0.1, 0.15) is 102 Å². The maximum absolute atomic E-state index is 5.28. The highest BCUT2D eigenvalue weighted by atomic mass is 14.8. The predicted molar refractivity (Wildman–Crippen MR) is 309 cm³/mol. The van der Waals surface area contributed by atoms with Crippen LogP contribution in [-0.4, -0.2) is 11.4 Å². The van der Waals surface area contributed by atoms with Crippen LogP contribution in [-0.2, 0) is 22.7 Å².